The molecule has 2 heteroatoms. The molecule has 0 fully saturated rings. The molecular formula is C14H18N2. The van der Waals surface area contributed by atoms with Gasteiger partial charge in [0.1, 0.15) is 0 Å². The van der Waals surface area contributed by atoms with E-state index in [-0.39, 0.29) is 0 Å². The van der Waals surface area contributed by atoms with E-state index in [1.807, 2.05) is 32.0 Å². The topological polar surface area (TPSA) is 27.0 Å². The maximum Gasteiger partial charge on any atom is 0.0991 e. The van der Waals surface area contributed by atoms with Crippen LogP contribution in [-0.2, 0) is 0 Å². The number of aryl methyl sites for hydroxylation is 1. The summed E-state index contributed by atoms with van der Waals surface area (Å²) in [5.41, 5.74) is 4.19. The second kappa shape index (κ2) is 5.37. The van der Waals surface area contributed by atoms with Crippen LogP contribution in [0.25, 0.3) is 0 Å². The standard InChI is InChI=1S/C14H18N2/c1-5-16(10-11(2)3)14-7-6-13(9-15)8-12(14)4/h6-8H,2,5,10H2,1,3-4H3. The first-order valence-corrected chi connectivity index (χ1v) is 5.48. The van der Waals surface area contributed by atoms with Gasteiger partial charge in [0.2, 0.25) is 0 Å². The Kier molecular flexibility index (Phi) is 4.13. The molecule has 0 unspecified atom stereocenters. The summed E-state index contributed by atoms with van der Waals surface area (Å²) in [4.78, 5) is 2.26. The fraction of sp³-hybridized carbons (Fsp3) is 0.357. The lowest BCUT2D eigenvalue weighted by Crippen LogP contribution is -2.25. The Labute approximate surface area is 97.8 Å². The Morgan fingerprint density at radius 2 is 2.19 bits per heavy atom. The quantitative estimate of drug-likeness (QED) is 0.719. The van der Waals surface area contributed by atoms with Gasteiger partial charge in [0.05, 0.1) is 11.6 Å². The molecule has 0 aromatic heterocycles. The summed E-state index contributed by atoms with van der Waals surface area (Å²) in [6.45, 7) is 11.9. The third-order valence-corrected chi connectivity index (χ3v) is 2.51. The first-order chi connectivity index (χ1) is 7.58. The predicted molar refractivity (Wildman–Crippen MR) is 68.6 cm³/mol. The van der Waals surface area contributed by atoms with E-state index in [0.717, 1.165) is 24.2 Å². The van der Waals surface area contributed by atoms with E-state index in [0.29, 0.717) is 5.56 Å². The minimum absolute atomic E-state index is 0.715. The number of nitrogens with zero attached hydrogens (tertiary/aromatic N) is 2. The summed E-state index contributed by atoms with van der Waals surface area (Å²) in [5.74, 6) is 0. The molecule has 1 aromatic rings. The fourth-order valence-corrected chi connectivity index (χ4v) is 1.77. The third-order valence-electron chi connectivity index (χ3n) is 2.51. The Morgan fingerprint density at radius 1 is 1.50 bits per heavy atom. The van der Waals surface area contributed by atoms with Gasteiger partial charge in [-0.1, -0.05) is 12.2 Å². The van der Waals surface area contributed by atoms with Crippen molar-refractivity contribution >= 4 is 5.69 Å². The van der Waals surface area contributed by atoms with Crippen LogP contribution >= 0.6 is 0 Å². The van der Waals surface area contributed by atoms with Crippen molar-refractivity contribution in [2.45, 2.75) is 20.8 Å². The van der Waals surface area contributed by atoms with Crippen molar-refractivity contribution in [1.29, 1.82) is 5.26 Å². The summed E-state index contributed by atoms with van der Waals surface area (Å²) >= 11 is 0. The maximum atomic E-state index is 8.82. The lowest BCUT2D eigenvalue weighted by Gasteiger charge is -2.25. The fourth-order valence-electron chi connectivity index (χ4n) is 1.77. The number of anilines is 1. The van der Waals surface area contributed by atoms with E-state index in [2.05, 4.69) is 24.5 Å². The van der Waals surface area contributed by atoms with Crippen molar-refractivity contribution in [2.24, 2.45) is 0 Å². The molecule has 2 nitrogen and oxygen atoms in total. The average Bonchev–Trinajstić information content (AvgIpc) is 2.25. The van der Waals surface area contributed by atoms with Crippen LogP contribution in [0.4, 0.5) is 5.69 Å². The van der Waals surface area contributed by atoms with Crippen molar-refractivity contribution in [3.8, 4) is 6.07 Å². The highest BCUT2D eigenvalue weighted by atomic mass is 15.1. The van der Waals surface area contributed by atoms with Crippen LogP contribution in [0.2, 0.25) is 0 Å². The highest BCUT2D eigenvalue weighted by Crippen LogP contribution is 2.21. The second-order valence-corrected chi connectivity index (χ2v) is 4.08. The zero-order chi connectivity index (χ0) is 12.1. The van der Waals surface area contributed by atoms with Gasteiger partial charge < -0.3 is 4.90 Å². The van der Waals surface area contributed by atoms with Crippen LogP contribution in [0.15, 0.2) is 30.4 Å². The zero-order valence-electron chi connectivity index (χ0n) is 10.2. The minimum atomic E-state index is 0.715. The first kappa shape index (κ1) is 12.3. The van der Waals surface area contributed by atoms with Gasteiger partial charge in [0, 0.05) is 18.8 Å². The van der Waals surface area contributed by atoms with Crippen molar-refractivity contribution < 1.29 is 0 Å². The molecule has 0 saturated heterocycles. The lowest BCUT2D eigenvalue weighted by molar-refractivity contribution is 0.875. The molecule has 0 aliphatic carbocycles. The van der Waals surface area contributed by atoms with Crippen molar-refractivity contribution in [3.05, 3.63) is 41.5 Å². The smallest absolute Gasteiger partial charge is 0.0991 e. The minimum Gasteiger partial charge on any atom is -0.368 e. The number of benzene rings is 1. The first-order valence-electron chi connectivity index (χ1n) is 5.48. The number of hydrogen-bond donors (Lipinski definition) is 0. The van der Waals surface area contributed by atoms with Crippen molar-refractivity contribution in [3.63, 3.8) is 0 Å². The molecule has 1 aromatic carbocycles. The summed E-state index contributed by atoms with van der Waals surface area (Å²) in [6.07, 6.45) is 0. The van der Waals surface area contributed by atoms with Gasteiger partial charge in [-0.05, 0) is 44.5 Å². The molecule has 0 aliphatic heterocycles. The van der Waals surface area contributed by atoms with Gasteiger partial charge in [-0.25, -0.2) is 0 Å². The molecular weight excluding hydrogens is 196 g/mol. The highest BCUT2D eigenvalue weighted by Gasteiger charge is 2.07. The molecule has 1 rings (SSSR count). The van der Waals surface area contributed by atoms with Crippen LogP contribution in [0.1, 0.15) is 25.0 Å². The Morgan fingerprint density at radius 3 is 2.62 bits per heavy atom. The number of likely N-dealkylation sites (N-methyl/N-ethyl adjacent to an activating group) is 1. The van der Waals surface area contributed by atoms with E-state index in [9.17, 15) is 0 Å². The third kappa shape index (κ3) is 2.87. The van der Waals surface area contributed by atoms with E-state index in [1.165, 1.54) is 5.69 Å². The van der Waals surface area contributed by atoms with Crippen LogP contribution in [-0.4, -0.2) is 13.1 Å². The Balaban J connectivity index is 3.02. The van der Waals surface area contributed by atoms with Crippen molar-refractivity contribution in [1.82, 2.24) is 0 Å². The molecule has 0 saturated carbocycles. The maximum absolute atomic E-state index is 8.82. The zero-order valence-corrected chi connectivity index (χ0v) is 10.2. The van der Waals surface area contributed by atoms with Crippen LogP contribution in [0.3, 0.4) is 0 Å². The molecule has 16 heavy (non-hydrogen) atoms. The monoisotopic (exact) mass is 214 g/mol. The molecule has 0 amide bonds. The van der Waals surface area contributed by atoms with Gasteiger partial charge in [0.25, 0.3) is 0 Å². The normalized spacial score (nSPS) is 9.62. The molecule has 0 aliphatic rings. The molecule has 0 bridgehead atoms. The molecule has 0 radical (unpaired) electrons. The molecule has 84 valence electrons. The number of nitriles is 1. The summed E-state index contributed by atoms with van der Waals surface area (Å²) < 4.78 is 0. The van der Waals surface area contributed by atoms with Gasteiger partial charge in [-0.3, -0.25) is 0 Å². The average molecular weight is 214 g/mol. The second-order valence-electron chi connectivity index (χ2n) is 4.08. The summed E-state index contributed by atoms with van der Waals surface area (Å²) in [7, 11) is 0. The number of rotatable bonds is 4. The van der Waals surface area contributed by atoms with Gasteiger partial charge >= 0.3 is 0 Å². The SMILES string of the molecule is C=C(C)CN(CC)c1ccc(C#N)cc1C. The molecule has 0 atom stereocenters. The van der Waals surface area contributed by atoms with Crippen LogP contribution < -0.4 is 4.90 Å². The highest BCUT2D eigenvalue weighted by molar-refractivity contribution is 5.56. The van der Waals surface area contributed by atoms with Gasteiger partial charge in [-0.2, -0.15) is 5.26 Å². The largest absolute Gasteiger partial charge is 0.368 e. The Bertz CT molecular complexity index is 427. The molecule has 0 heterocycles. The van der Waals surface area contributed by atoms with E-state index in [1.54, 1.807) is 0 Å². The number of hydrogen-bond acceptors (Lipinski definition) is 2. The van der Waals surface area contributed by atoms with E-state index in [4.69, 9.17) is 5.26 Å². The van der Waals surface area contributed by atoms with Crippen LogP contribution in [0.5, 0.6) is 0 Å². The van der Waals surface area contributed by atoms with Crippen LogP contribution in [0, 0.1) is 18.3 Å². The van der Waals surface area contributed by atoms with Crippen molar-refractivity contribution in [2.75, 3.05) is 18.0 Å². The van der Waals surface area contributed by atoms with Gasteiger partial charge in [0.15, 0.2) is 0 Å². The van der Waals surface area contributed by atoms with Gasteiger partial charge in [-0.15, -0.1) is 0 Å². The predicted octanol–water partition coefficient (Wildman–Crippen LogP) is 3.27. The molecule has 0 N–H and O–H groups in total. The summed E-state index contributed by atoms with van der Waals surface area (Å²) in [5, 5.41) is 8.82. The van der Waals surface area contributed by atoms with E-state index < -0.39 is 0 Å². The Hall–Kier alpha value is -1.75. The summed E-state index contributed by atoms with van der Waals surface area (Å²) in [6, 6.07) is 7.96. The lowest BCUT2D eigenvalue weighted by atomic mass is 10.1. The molecule has 0 spiro atoms. The van der Waals surface area contributed by atoms with E-state index >= 15 is 0 Å².